The average Bonchev–Trinajstić information content (AvgIpc) is 3.02. The van der Waals surface area contributed by atoms with E-state index in [9.17, 15) is 14.3 Å². The van der Waals surface area contributed by atoms with Gasteiger partial charge in [0.2, 0.25) is 0 Å². The van der Waals surface area contributed by atoms with Gasteiger partial charge in [-0.25, -0.2) is 4.39 Å². The van der Waals surface area contributed by atoms with Crippen LogP contribution in [-0.4, -0.2) is 36.2 Å². The number of thiophene rings is 1. The summed E-state index contributed by atoms with van der Waals surface area (Å²) in [7, 11) is 1.56. The third-order valence-electron chi connectivity index (χ3n) is 4.59. The highest BCUT2D eigenvalue weighted by molar-refractivity contribution is 7.16. The second-order valence-corrected chi connectivity index (χ2v) is 7.83. The molecule has 4 nitrogen and oxygen atoms in total. The first-order valence-corrected chi connectivity index (χ1v) is 9.24. The molecule has 0 bridgehead atoms. The number of ether oxygens (including phenoxy) is 1. The Labute approximate surface area is 154 Å². The third kappa shape index (κ3) is 3.97. The van der Waals surface area contributed by atoms with Gasteiger partial charge in [-0.05, 0) is 56.3 Å². The number of likely N-dealkylation sites (tertiary alicyclic amines) is 1. The van der Waals surface area contributed by atoms with Gasteiger partial charge in [0.15, 0.2) is 0 Å². The van der Waals surface area contributed by atoms with Crippen LogP contribution in [-0.2, 0) is 4.79 Å². The number of benzene rings is 1. The van der Waals surface area contributed by atoms with Gasteiger partial charge < -0.3 is 9.84 Å². The first-order valence-electron chi connectivity index (χ1n) is 8.05. The number of methoxy groups -OCH3 is 1. The third-order valence-corrected chi connectivity index (χ3v) is 5.88. The molecule has 2 aromatic rings. The van der Waals surface area contributed by atoms with Crippen molar-refractivity contribution in [2.45, 2.75) is 18.9 Å². The van der Waals surface area contributed by atoms with Gasteiger partial charge in [0.1, 0.15) is 11.6 Å². The molecular weight excluding hydrogens is 365 g/mol. The van der Waals surface area contributed by atoms with Crippen LogP contribution >= 0.6 is 22.9 Å². The van der Waals surface area contributed by atoms with Crippen LogP contribution in [0.1, 0.15) is 29.3 Å². The van der Waals surface area contributed by atoms with Gasteiger partial charge in [-0.3, -0.25) is 9.69 Å². The minimum atomic E-state index is -0.751. The van der Waals surface area contributed by atoms with Crippen LogP contribution in [0, 0.1) is 11.7 Å². The first kappa shape index (κ1) is 18.2. The number of piperidine rings is 1. The number of aliphatic carboxylic acids is 1. The Balaban J connectivity index is 1.97. The minimum absolute atomic E-state index is 0.210. The van der Waals surface area contributed by atoms with Crippen molar-refractivity contribution in [2.24, 2.45) is 5.92 Å². The van der Waals surface area contributed by atoms with Gasteiger partial charge in [-0.1, -0.05) is 11.6 Å². The first-order chi connectivity index (χ1) is 12.0. The van der Waals surface area contributed by atoms with Crippen LogP contribution in [0.3, 0.4) is 0 Å². The molecule has 1 fully saturated rings. The zero-order valence-corrected chi connectivity index (χ0v) is 15.3. The molecule has 2 heterocycles. The van der Waals surface area contributed by atoms with Crippen LogP contribution < -0.4 is 4.74 Å². The maximum Gasteiger partial charge on any atom is 0.306 e. The molecule has 1 atom stereocenters. The molecule has 25 heavy (non-hydrogen) atoms. The van der Waals surface area contributed by atoms with Crippen LogP contribution in [0.4, 0.5) is 4.39 Å². The molecule has 0 aliphatic carbocycles. The summed E-state index contributed by atoms with van der Waals surface area (Å²) in [6.45, 7) is 1.24. The lowest BCUT2D eigenvalue weighted by Gasteiger charge is -2.36. The van der Waals surface area contributed by atoms with Crippen LogP contribution in [0.15, 0.2) is 30.3 Å². The SMILES string of the molecule is COc1ccc(F)cc1C(c1ccc(Cl)s1)N1CCC(C(=O)O)CC1. The Morgan fingerprint density at radius 2 is 2.08 bits per heavy atom. The van der Waals surface area contributed by atoms with E-state index in [1.54, 1.807) is 13.2 Å². The van der Waals surface area contributed by atoms with Crippen molar-refractivity contribution >= 4 is 28.9 Å². The van der Waals surface area contributed by atoms with Crippen molar-refractivity contribution < 1.29 is 19.0 Å². The van der Waals surface area contributed by atoms with E-state index in [2.05, 4.69) is 4.90 Å². The predicted molar refractivity (Wildman–Crippen MR) is 96.1 cm³/mol. The van der Waals surface area contributed by atoms with Crippen molar-refractivity contribution in [3.8, 4) is 5.75 Å². The Hall–Kier alpha value is -1.63. The van der Waals surface area contributed by atoms with Gasteiger partial charge in [0.25, 0.3) is 0 Å². The monoisotopic (exact) mass is 383 g/mol. The summed E-state index contributed by atoms with van der Waals surface area (Å²) >= 11 is 7.56. The maximum absolute atomic E-state index is 13.9. The van der Waals surface area contributed by atoms with Crippen molar-refractivity contribution in [1.82, 2.24) is 4.90 Å². The van der Waals surface area contributed by atoms with Crippen molar-refractivity contribution in [1.29, 1.82) is 0 Å². The quantitative estimate of drug-likeness (QED) is 0.829. The number of hydrogen-bond acceptors (Lipinski definition) is 4. The maximum atomic E-state index is 13.9. The molecule has 0 amide bonds. The largest absolute Gasteiger partial charge is 0.496 e. The molecule has 1 N–H and O–H groups in total. The van der Waals surface area contributed by atoms with Gasteiger partial charge in [-0.2, -0.15) is 0 Å². The highest BCUT2D eigenvalue weighted by Gasteiger charge is 2.32. The molecule has 3 rings (SSSR count). The Bertz CT molecular complexity index is 759. The standard InChI is InChI=1S/C18H19ClFNO3S/c1-24-14-3-2-12(20)10-13(14)17(15-4-5-16(19)25-15)21-8-6-11(7-9-21)18(22)23/h2-5,10-11,17H,6-9H2,1H3,(H,22,23). The van der Waals surface area contributed by atoms with E-state index in [1.807, 2.05) is 12.1 Å². The topological polar surface area (TPSA) is 49.8 Å². The molecule has 7 heteroatoms. The molecule has 1 aromatic carbocycles. The molecule has 134 valence electrons. The molecule has 1 aliphatic rings. The number of halogens is 2. The summed E-state index contributed by atoms with van der Waals surface area (Å²) in [5.41, 5.74) is 0.731. The second kappa shape index (κ2) is 7.72. The lowest BCUT2D eigenvalue weighted by molar-refractivity contribution is -0.143. The molecular formula is C18H19ClFNO3S. The number of carboxylic acid groups (broad SMARTS) is 1. The molecule has 1 aliphatic heterocycles. The number of carbonyl (C=O) groups is 1. The number of nitrogens with zero attached hydrogens (tertiary/aromatic N) is 1. The summed E-state index contributed by atoms with van der Waals surface area (Å²) in [5.74, 6) is -0.794. The molecule has 0 saturated carbocycles. The minimum Gasteiger partial charge on any atom is -0.496 e. The Morgan fingerprint density at radius 3 is 2.64 bits per heavy atom. The van der Waals surface area contributed by atoms with E-state index in [0.29, 0.717) is 36.0 Å². The number of hydrogen-bond donors (Lipinski definition) is 1. The molecule has 1 saturated heterocycles. The molecule has 1 unspecified atom stereocenters. The van der Waals surface area contributed by atoms with E-state index >= 15 is 0 Å². The molecule has 0 spiro atoms. The highest BCUT2D eigenvalue weighted by atomic mass is 35.5. The fourth-order valence-electron chi connectivity index (χ4n) is 3.33. The fraction of sp³-hybridized carbons (Fsp3) is 0.389. The zero-order valence-electron chi connectivity index (χ0n) is 13.7. The summed E-state index contributed by atoms with van der Waals surface area (Å²) in [5, 5.41) is 9.22. The second-order valence-electron chi connectivity index (χ2n) is 6.08. The lowest BCUT2D eigenvalue weighted by Crippen LogP contribution is -2.39. The van der Waals surface area contributed by atoms with Gasteiger partial charge >= 0.3 is 5.97 Å². The number of rotatable bonds is 5. The summed E-state index contributed by atoms with van der Waals surface area (Å²) in [6.07, 6.45) is 1.14. The predicted octanol–water partition coefficient (Wildman–Crippen LogP) is 4.44. The zero-order chi connectivity index (χ0) is 18.0. The summed E-state index contributed by atoms with van der Waals surface area (Å²) in [6, 6.07) is 8.03. The highest BCUT2D eigenvalue weighted by Crippen LogP contribution is 2.40. The fourth-order valence-corrected chi connectivity index (χ4v) is 4.54. The number of carboxylic acids is 1. The Kier molecular flexibility index (Phi) is 5.61. The van der Waals surface area contributed by atoms with Crippen LogP contribution in [0.2, 0.25) is 4.34 Å². The van der Waals surface area contributed by atoms with Crippen LogP contribution in [0.5, 0.6) is 5.75 Å². The van der Waals surface area contributed by atoms with Crippen molar-refractivity contribution in [3.63, 3.8) is 0 Å². The molecule has 0 radical (unpaired) electrons. The van der Waals surface area contributed by atoms with E-state index < -0.39 is 5.97 Å². The molecule has 1 aromatic heterocycles. The van der Waals surface area contributed by atoms with E-state index in [4.69, 9.17) is 16.3 Å². The van der Waals surface area contributed by atoms with E-state index in [0.717, 1.165) is 10.4 Å². The van der Waals surface area contributed by atoms with Gasteiger partial charge in [0.05, 0.1) is 23.4 Å². The van der Waals surface area contributed by atoms with Gasteiger partial charge in [-0.15, -0.1) is 11.3 Å². The summed E-state index contributed by atoms with van der Waals surface area (Å²) in [4.78, 5) is 14.4. The summed E-state index contributed by atoms with van der Waals surface area (Å²) < 4.78 is 20.0. The van der Waals surface area contributed by atoms with Crippen LogP contribution in [0.25, 0.3) is 0 Å². The lowest BCUT2D eigenvalue weighted by atomic mass is 9.93. The van der Waals surface area contributed by atoms with Crippen molar-refractivity contribution in [2.75, 3.05) is 20.2 Å². The average molecular weight is 384 g/mol. The Morgan fingerprint density at radius 1 is 1.36 bits per heavy atom. The normalized spacial score (nSPS) is 17.4. The smallest absolute Gasteiger partial charge is 0.306 e. The van der Waals surface area contributed by atoms with E-state index in [1.165, 1.54) is 23.5 Å². The van der Waals surface area contributed by atoms with E-state index in [-0.39, 0.29) is 17.8 Å². The van der Waals surface area contributed by atoms with Crippen molar-refractivity contribution in [3.05, 3.63) is 50.9 Å². The van der Waals surface area contributed by atoms with Gasteiger partial charge in [0, 0.05) is 10.4 Å².